The van der Waals surface area contributed by atoms with Crippen LogP contribution in [0.2, 0.25) is 0 Å². The van der Waals surface area contributed by atoms with Gasteiger partial charge in [-0.3, -0.25) is 0 Å². The topological polar surface area (TPSA) is 83.2 Å². The Balaban J connectivity index is 2.11. The quantitative estimate of drug-likeness (QED) is 0.650. The van der Waals surface area contributed by atoms with E-state index in [1.807, 2.05) is 11.5 Å². The molecule has 0 aliphatic carbocycles. The molecular weight excluding hydrogens is 248 g/mol. The van der Waals surface area contributed by atoms with E-state index >= 15 is 0 Å². The summed E-state index contributed by atoms with van der Waals surface area (Å²) in [5.41, 5.74) is 6.63. The van der Waals surface area contributed by atoms with Crippen LogP contribution in [0.5, 0.6) is 0 Å². The lowest BCUT2D eigenvalue weighted by Crippen LogP contribution is -2.20. The molecule has 1 aliphatic rings. The molecular formula is C11H12N6S. The highest BCUT2D eigenvalue weighted by Crippen LogP contribution is 2.27. The number of thiocyanates is 1. The molecule has 2 N–H and O–H groups in total. The summed E-state index contributed by atoms with van der Waals surface area (Å²) in [6, 6.07) is 1.84. The van der Waals surface area contributed by atoms with E-state index in [0.29, 0.717) is 11.5 Å². The molecule has 0 bridgehead atoms. The molecule has 0 amide bonds. The molecule has 6 nitrogen and oxygen atoms in total. The monoisotopic (exact) mass is 260 g/mol. The van der Waals surface area contributed by atoms with Crippen molar-refractivity contribution in [1.82, 2.24) is 14.6 Å². The SMILES string of the molecule is N#CSc1cnn2c(N)cc(N3CCCC3)nc12. The molecule has 0 spiro atoms. The molecule has 0 saturated carbocycles. The van der Waals surface area contributed by atoms with E-state index in [1.165, 1.54) is 12.8 Å². The lowest BCUT2D eigenvalue weighted by molar-refractivity contribution is 0.905. The van der Waals surface area contributed by atoms with Gasteiger partial charge in [-0.25, -0.2) is 4.98 Å². The second-order valence-electron chi connectivity index (χ2n) is 4.17. The number of aromatic nitrogens is 3. The number of nitrogens with zero attached hydrogens (tertiary/aromatic N) is 5. The van der Waals surface area contributed by atoms with Gasteiger partial charge in [-0.2, -0.15) is 14.9 Å². The van der Waals surface area contributed by atoms with Gasteiger partial charge < -0.3 is 10.6 Å². The molecule has 1 saturated heterocycles. The van der Waals surface area contributed by atoms with Crippen LogP contribution in [0, 0.1) is 10.7 Å². The lowest BCUT2D eigenvalue weighted by Gasteiger charge is -2.16. The third kappa shape index (κ3) is 1.75. The third-order valence-corrected chi connectivity index (χ3v) is 3.64. The first-order valence-electron chi connectivity index (χ1n) is 5.75. The highest BCUT2D eigenvalue weighted by molar-refractivity contribution is 8.03. The third-order valence-electron chi connectivity index (χ3n) is 3.04. The summed E-state index contributed by atoms with van der Waals surface area (Å²) in [4.78, 5) is 7.52. The summed E-state index contributed by atoms with van der Waals surface area (Å²) in [6.45, 7) is 2.02. The van der Waals surface area contributed by atoms with Gasteiger partial charge in [-0.15, -0.1) is 0 Å². The molecule has 0 aromatic carbocycles. The summed E-state index contributed by atoms with van der Waals surface area (Å²) in [6.07, 6.45) is 4.00. The van der Waals surface area contributed by atoms with Crippen molar-refractivity contribution in [3.05, 3.63) is 12.3 Å². The summed E-state index contributed by atoms with van der Waals surface area (Å²) < 4.78 is 1.57. The van der Waals surface area contributed by atoms with E-state index in [9.17, 15) is 0 Å². The number of rotatable bonds is 2. The number of nitriles is 1. The van der Waals surface area contributed by atoms with Gasteiger partial charge >= 0.3 is 0 Å². The molecule has 7 heteroatoms. The van der Waals surface area contributed by atoms with Gasteiger partial charge in [0.25, 0.3) is 0 Å². The van der Waals surface area contributed by atoms with Crippen LogP contribution in [-0.2, 0) is 0 Å². The molecule has 1 aliphatic heterocycles. The standard InChI is InChI=1S/C11H12N6S/c12-7-18-8-6-14-17-9(13)5-10(15-11(8)17)16-3-1-2-4-16/h5-6H,1-4,13H2. The molecule has 3 heterocycles. The van der Waals surface area contributed by atoms with E-state index in [4.69, 9.17) is 11.0 Å². The van der Waals surface area contributed by atoms with Gasteiger partial charge in [0.1, 0.15) is 17.0 Å². The van der Waals surface area contributed by atoms with Crippen molar-refractivity contribution in [1.29, 1.82) is 5.26 Å². The van der Waals surface area contributed by atoms with E-state index in [-0.39, 0.29) is 0 Å². The Morgan fingerprint density at radius 2 is 2.17 bits per heavy atom. The molecule has 0 radical (unpaired) electrons. The second-order valence-corrected chi connectivity index (χ2v) is 5.00. The lowest BCUT2D eigenvalue weighted by atomic mass is 10.4. The molecule has 2 aromatic rings. The van der Waals surface area contributed by atoms with E-state index in [0.717, 1.165) is 35.6 Å². The first-order valence-corrected chi connectivity index (χ1v) is 6.56. The van der Waals surface area contributed by atoms with Gasteiger partial charge in [0.2, 0.25) is 0 Å². The van der Waals surface area contributed by atoms with Crippen LogP contribution in [0.4, 0.5) is 11.6 Å². The summed E-state index contributed by atoms with van der Waals surface area (Å²) >= 11 is 1.06. The predicted molar refractivity (Wildman–Crippen MR) is 70.3 cm³/mol. The summed E-state index contributed by atoms with van der Waals surface area (Å²) in [5, 5.41) is 14.9. The molecule has 2 aromatic heterocycles. The van der Waals surface area contributed by atoms with Crippen LogP contribution >= 0.6 is 11.8 Å². The average molecular weight is 260 g/mol. The maximum Gasteiger partial charge on any atom is 0.174 e. The minimum Gasteiger partial charge on any atom is -0.383 e. The zero-order valence-electron chi connectivity index (χ0n) is 9.70. The van der Waals surface area contributed by atoms with Crippen LogP contribution in [0.25, 0.3) is 5.65 Å². The fraction of sp³-hybridized carbons (Fsp3) is 0.364. The second kappa shape index (κ2) is 4.38. The Bertz CT molecular complexity index is 622. The summed E-state index contributed by atoms with van der Waals surface area (Å²) in [7, 11) is 0. The molecule has 3 rings (SSSR count). The molecule has 0 atom stereocenters. The first kappa shape index (κ1) is 11.2. The van der Waals surface area contributed by atoms with Crippen molar-refractivity contribution in [2.45, 2.75) is 17.7 Å². The Labute approximate surface area is 108 Å². The highest BCUT2D eigenvalue weighted by atomic mass is 32.2. The average Bonchev–Trinajstić information content (AvgIpc) is 2.99. The maximum absolute atomic E-state index is 8.75. The van der Waals surface area contributed by atoms with Gasteiger partial charge in [-0.1, -0.05) is 0 Å². The molecule has 18 heavy (non-hydrogen) atoms. The van der Waals surface area contributed by atoms with Crippen LogP contribution in [-0.4, -0.2) is 27.7 Å². The van der Waals surface area contributed by atoms with Crippen LogP contribution in [0.1, 0.15) is 12.8 Å². The Kier molecular flexibility index (Phi) is 2.72. The van der Waals surface area contributed by atoms with Gasteiger partial charge in [0.05, 0.1) is 11.1 Å². The Morgan fingerprint density at radius 3 is 2.89 bits per heavy atom. The van der Waals surface area contributed by atoms with Crippen LogP contribution in [0.3, 0.4) is 0 Å². The van der Waals surface area contributed by atoms with Gasteiger partial charge in [0.15, 0.2) is 5.65 Å². The van der Waals surface area contributed by atoms with Crippen molar-refractivity contribution in [3.63, 3.8) is 0 Å². The minimum absolute atomic E-state index is 0.548. The van der Waals surface area contributed by atoms with Crippen molar-refractivity contribution in [3.8, 4) is 5.40 Å². The van der Waals surface area contributed by atoms with E-state index in [2.05, 4.69) is 15.0 Å². The van der Waals surface area contributed by atoms with Crippen molar-refractivity contribution in [2.75, 3.05) is 23.7 Å². The minimum atomic E-state index is 0.548. The smallest absolute Gasteiger partial charge is 0.174 e. The molecule has 0 unspecified atom stereocenters. The van der Waals surface area contributed by atoms with Gasteiger partial charge in [-0.05, 0) is 24.6 Å². The summed E-state index contributed by atoms with van der Waals surface area (Å²) in [5.74, 6) is 1.42. The van der Waals surface area contributed by atoms with Gasteiger partial charge in [0, 0.05) is 19.2 Å². The largest absolute Gasteiger partial charge is 0.383 e. The first-order chi connectivity index (χ1) is 8.79. The Hall–Kier alpha value is -1.94. The predicted octanol–water partition coefficient (Wildman–Crippen LogP) is 1.48. The van der Waals surface area contributed by atoms with Crippen molar-refractivity contribution in [2.24, 2.45) is 0 Å². The van der Waals surface area contributed by atoms with E-state index < -0.39 is 0 Å². The van der Waals surface area contributed by atoms with Crippen LogP contribution in [0.15, 0.2) is 17.2 Å². The number of hydrogen-bond acceptors (Lipinski definition) is 6. The normalized spacial score (nSPS) is 15.2. The number of thioether (sulfide) groups is 1. The van der Waals surface area contributed by atoms with Crippen molar-refractivity contribution < 1.29 is 0 Å². The number of nitrogen functional groups attached to an aromatic ring is 1. The van der Waals surface area contributed by atoms with Crippen LogP contribution < -0.4 is 10.6 Å². The maximum atomic E-state index is 8.75. The van der Waals surface area contributed by atoms with E-state index in [1.54, 1.807) is 10.7 Å². The number of nitrogens with two attached hydrogens (primary N) is 1. The zero-order chi connectivity index (χ0) is 12.5. The van der Waals surface area contributed by atoms with Crippen molar-refractivity contribution >= 4 is 29.0 Å². The number of hydrogen-bond donors (Lipinski definition) is 1. The number of anilines is 2. The molecule has 92 valence electrons. The molecule has 1 fully saturated rings. The number of fused-ring (bicyclic) bond motifs is 1. The fourth-order valence-corrected chi connectivity index (χ4v) is 2.60. The Morgan fingerprint density at radius 1 is 1.39 bits per heavy atom. The highest BCUT2D eigenvalue weighted by Gasteiger charge is 2.17. The fourth-order valence-electron chi connectivity index (χ4n) is 2.18. The zero-order valence-corrected chi connectivity index (χ0v) is 10.5.